The molecule has 5 nitrogen and oxygen atoms in total. The molecule has 1 heterocycles. The van der Waals surface area contributed by atoms with Gasteiger partial charge < -0.3 is 10.2 Å². The molecule has 0 radical (unpaired) electrons. The second-order valence-electron chi connectivity index (χ2n) is 6.36. The van der Waals surface area contributed by atoms with Crippen LogP contribution in [0, 0.1) is 0 Å². The van der Waals surface area contributed by atoms with E-state index in [0.29, 0.717) is 17.3 Å². The van der Waals surface area contributed by atoms with E-state index < -0.39 is 0 Å². The van der Waals surface area contributed by atoms with E-state index in [1.165, 1.54) is 13.0 Å². The quantitative estimate of drug-likeness (QED) is 0.591. The van der Waals surface area contributed by atoms with Crippen molar-refractivity contribution >= 4 is 40.9 Å². The van der Waals surface area contributed by atoms with Gasteiger partial charge in [-0.2, -0.15) is 0 Å². The average Bonchev–Trinajstić information content (AvgIpc) is 2.72. The monoisotopic (exact) mass is 405 g/mol. The van der Waals surface area contributed by atoms with E-state index in [9.17, 15) is 9.59 Å². The Bertz CT molecular complexity index is 1000. The van der Waals surface area contributed by atoms with Gasteiger partial charge in [-0.05, 0) is 60.2 Å². The van der Waals surface area contributed by atoms with Crippen molar-refractivity contribution in [3.05, 3.63) is 95.3 Å². The molecule has 0 bridgehead atoms. The van der Waals surface area contributed by atoms with Gasteiger partial charge >= 0.3 is 0 Å². The molecular formula is C23H20ClN3O2. The number of hydrogen-bond donors (Lipinski definition) is 1. The molecule has 3 aromatic rings. The van der Waals surface area contributed by atoms with Gasteiger partial charge in [0.2, 0.25) is 5.91 Å². The number of pyridine rings is 1. The molecule has 1 aromatic heterocycles. The average molecular weight is 406 g/mol. The highest BCUT2D eigenvalue weighted by Gasteiger charge is 2.14. The fourth-order valence-electron chi connectivity index (χ4n) is 2.71. The first-order valence-corrected chi connectivity index (χ1v) is 9.42. The zero-order valence-electron chi connectivity index (χ0n) is 15.9. The molecule has 0 unspecified atom stereocenters. The molecule has 1 N–H and O–H groups in total. The summed E-state index contributed by atoms with van der Waals surface area (Å²) in [6.07, 6.45) is 4.96. The zero-order chi connectivity index (χ0) is 20.6. The number of hydrogen-bond acceptors (Lipinski definition) is 3. The molecular weight excluding hydrogens is 386 g/mol. The van der Waals surface area contributed by atoms with Crippen LogP contribution in [-0.2, 0) is 16.1 Å². The third kappa shape index (κ3) is 6.02. The Labute approximate surface area is 174 Å². The van der Waals surface area contributed by atoms with Gasteiger partial charge in [0.15, 0.2) is 0 Å². The standard InChI is InChI=1S/C23H20ClN3O2/c1-17(28)26-20-10-5-18(6-11-20)7-14-23(29)27(16-21-4-2-3-15-25-21)22-12-8-19(24)9-13-22/h2-15H,16H2,1H3,(H,26,28). The zero-order valence-corrected chi connectivity index (χ0v) is 16.6. The Morgan fingerprint density at radius 2 is 1.76 bits per heavy atom. The number of aromatic nitrogens is 1. The van der Waals surface area contributed by atoms with Gasteiger partial charge in [0.1, 0.15) is 0 Å². The van der Waals surface area contributed by atoms with Crippen LogP contribution in [0.4, 0.5) is 11.4 Å². The van der Waals surface area contributed by atoms with Gasteiger partial charge in [-0.15, -0.1) is 0 Å². The molecule has 2 aromatic carbocycles. The molecule has 0 spiro atoms. The number of nitrogens with zero attached hydrogens (tertiary/aromatic N) is 2. The van der Waals surface area contributed by atoms with Crippen molar-refractivity contribution in [2.75, 3.05) is 10.2 Å². The first kappa shape index (κ1) is 20.3. The lowest BCUT2D eigenvalue weighted by Gasteiger charge is -2.21. The maximum absolute atomic E-state index is 12.9. The van der Waals surface area contributed by atoms with E-state index in [0.717, 1.165) is 16.9 Å². The molecule has 0 fully saturated rings. The fraction of sp³-hybridized carbons (Fsp3) is 0.0870. The predicted octanol–water partition coefficient (Wildman–Crippen LogP) is 4.94. The molecule has 0 atom stereocenters. The summed E-state index contributed by atoms with van der Waals surface area (Å²) in [6.45, 7) is 1.80. The highest BCUT2D eigenvalue weighted by Crippen LogP contribution is 2.21. The van der Waals surface area contributed by atoms with E-state index in [1.807, 2.05) is 30.3 Å². The lowest BCUT2D eigenvalue weighted by Crippen LogP contribution is -2.29. The number of halogens is 1. The second kappa shape index (κ2) is 9.66. The minimum atomic E-state index is -0.177. The maximum Gasteiger partial charge on any atom is 0.251 e. The van der Waals surface area contributed by atoms with E-state index in [4.69, 9.17) is 11.6 Å². The molecule has 0 aliphatic heterocycles. The van der Waals surface area contributed by atoms with Gasteiger partial charge in [-0.1, -0.05) is 29.8 Å². The van der Waals surface area contributed by atoms with Crippen LogP contribution in [0.5, 0.6) is 0 Å². The van der Waals surface area contributed by atoms with Crippen molar-refractivity contribution < 1.29 is 9.59 Å². The Morgan fingerprint density at radius 3 is 2.38 bits per heavy atom. The van der Waals surface area contributed by atoms with Gasteiger partial charge in [0.25, 0.3) is 5.91 Å². The first-order valence-electron chi connectivity index (χ1n) is 9.04. The molecule has 0 aliphatic carbocycles. The number of rotatable bonds is 6. The SMILES string of the molecule is CC(=O)Nc1ccc(C=CC(=O)N(Cc2ccccn2)c2ccc(Cl)cc2)cc1. The molecule has 2 amide bonds. The Hall–Kier alpha value is -3.44. The summed E-state index contributed by atoms with van der Waals surface area (Å²) in [5.74, 6) is -0.305. The third-order valence-corrected chi connectivity index (χ3v) is 4.35. The fourth-order valence-corrected chi connectivity index (χ4v) is 2.84. The van der Waals surface area contributed by atoms with Crippen molar-refractivity contribution in [1.82, 2.24) is 4.98 Å². The Morgan fingerprint density at radius 1 is 1.03 bits per heavy atom. The second-order valence-corrected chi connectivity index (χ2v) is 6.79. The normalized spacial score (nSPS) is 10.7. The number of carbonyl (C=O) groups excluding carboxylic acids is 2. The van der Waals surface area contributed by atoms with Crippen LogP contribution in [0.25, 0.3) is 6.08 Å². The van der Waals surface area contributed by atoms with Gasteiger partial charge in [0.05, 0.1) is 12.2 Å². The minimum absolute atomic E-state index is 0.128. The van der Waals surface area contributed by atoms with Crippen molar-refractivity contribution in [3.8, 4) is 0 Å². The summed E-state index contributed by atoms with van der Waals surface area (Å²) in [4.78, 5) is 30.0. The molecule has 0 saturated heterocycles. The highest BCUT2D eigenvalue weighted by molar-refractivity contribution is 6.30. The smallest absolute Gasteiger partial charge is 0.251 e. The van der Waals surface area contributed by atoms with Crippen LogP contribution in [-0.4, -0.2) is 16.8 Å². The molecule has 0 aliphatic rings. The summed E-state index contributed by atoms with van der Waals surface area (Å²) in [5.41, 5.74) is 3.07. The summed E-state index contributed by atoms with van der Waals surface area (Å²) < 4.78 is 0. The predicted molar refractivity (Wildman–Crippen MR) is 117 cm³/mol. The minimum Gasteiger partial charge on any atom is -0.326 e. The van der Waals surface area contributed by atoms with Crippen molar-refractivity contribution in [2.45, 2.75) is 13.5 Å². The third-order valence-electron chi connectivity index (χ3n) is 4.10. The summed E-state index contributed by atoms with van der Waals surface area (Å²) in [7, 11) is 0. The first-order chi connectivity index (χ1) is 14.0. The summed E-state index contributed by atoms with van der Waals surface area (Å²) in [6, 6.07) is 20.0. The summed E-state index contributed by atoms with van der Waals surface area (Å²) >= 11 is 5.99. The number of anilines is 2. The van der Waals surface area contributed by atoms with Gasteiger partial charge in [-0.3, -0.25) is 14.6 Å². The van der Waals surface area contributed by atoms with Gasteiger partial charge in [0, 0.05) is 35.6 Å². The van der Waals surface area contributed by atoms with Crippen LogP contribution < -0.4 is 10.2 Å². The highest BCUT2D eigenvalue weighted by atomic mass is 35.5. The number of amides is 2. The largest absolute Gasteiger partial charge is 0.326 e. The van der Waals surface area contributed by atoms with Crippen LogP contribution in [0.2, 0.25) is 5.02 Å². The molecule has 3 rings (SSSR count). The molecule has 6 heteroatoms. The van der Waals surface area contributed by atoms with E-state index in [1.54, 1.807) is 53.6 Å². The Balaban J connectivity index is 1.79. The summed E-state index contributed by atoms with van der Waals surface area (Å²) in [5, 5.41) is 3.32. The molecule has 146 valence electrons. The van der Waals surface area contributed by atoms with Gasteiger partial charge in [-0.25, -0.2) is 0 Å². The molecule has 29 heavy (non-hydrogen) atoms. The van der Waals surface area contributed by atoms with E-state index in [2.05, 4.69) is 10.3 Å². The van der Waals surface area contributed by atoms with Crippen LogP contribution in [0.1, 0.15) is 18.2 Å². The number of carbonyl (C=O) groups is 2. The topological polar surface area (TPSA) is 62.3 Å². The van der Waals surface area contributed by atoms with E-state index in [-0.39, 0.29) is 11.8 Å². The van der Waals surface area contributed by atoms with Crippen molar-refractivity contribution in [1.29, 1.82) is 0 Å². The number of nitrogens with one attached hydrogen (secondary N) is 1. The maximum atomic E-state index is 12.9. The lowest BCUT2D eigenvalue weighted by atomic mass is 10.2. The van der Waals surface area contributed by atoms with Crippen molar-refractivity contribution in [2.24, 2.45) is 0 Å². The number of benzene rings is 2. The van der Waals surface area contributed by atoms with Crippen LogP contribution in [0.15, 0.2) is 79.0 Å². The lowest BCUT2D eigenvalue weighted by molar-refractivity contribution is -0.115. The molecule has 0 saturated carbocycles. The van der Waals surface area contributed by atoms with Crippen LogP contribution in [0.3, 0.4) is 0 Å². The van der Waals surface area contributed by atoms with Crippen LogP contribution >= 0.6 is 11.6 Å². The van der Waals surface area contributed by atoms with Crippen molar-refractivity contribution in [3.63, 3.8) is 0 Å². The van der Waals surface area contributed by atoms with E-state index >= 15 is 0 Å². The Kier molecular flexibility index (Phi) is 6.76.